The van der Waals surface area contributed by atoms with E-state index >= 15 is 0 Å². The van der Waals surface area contributed by atoms with Crippen LogP contribution in [0.2, 0.25) is 0 Å². The SMILES string of the molecule is COc1cccc(CCN(CCC(=O)N(C)C2CCS(=O)(=O)C2)C(C)=O)c1. The van der Waals surface area contributed by atoms with Crippen LogP contribution in [0.5, 0.6) is 5.75 Å². The van der Waals surface area contributed by atoms with Crippen LogP contribution in [0.15, 0.2) is 24.3 Å². The average Bonchev–Trinajstić information content (AvgIpc) is 3.00. The monoisotopic (exact) mass is 396 g/mol. The lowest BCUT2D eigenvalue weighted by Crippen LogP contribution is -2.40. The smallest absolute Gasteiger partial charge is 0.224 e. The van der Waals surface area contributed by atoms with Gasteiger partial charge >= 0.3 is 0 Å². The summed E-state index contributed by atoms with van der Waals surface area (Å²) in [5.41, 5.74) is 1.06. The van der Waals surface area contributed by atoms with Gasteiger partial charge in [-0.05, 0) is 30.5 Å². The number of hydrogen-bond acceptors (Lipinski definition) is 5. The third-order valence-corrected chi connectivity index (χ3v) is 6.75. The predicted octanol–water partition coefficient (Wildman–Crippen LogP) is 1.12. The molecule has 1 saturated heterocycles. The molecule has 0 radical (unpaired) electrons. The maximum Gasteiger partial charge on any atom is 0.224 e. The van der Waals surface area contributed by atoms with Crippen molar-refractivity contribution in [2.75, 3.05) is 38.8 Å². The van der Waals surface area contributed by atoms with Crippen LogP contribution >= 0.6 is 0 Å². The fourth-order valence-corrected chi connectivity index (χ4v) is 4.98. The molecule has 1 aromatic rings. The van der Waals surface area contributed by atoms with Crippen molar-refractivity contribution in [1.29, 1.82) is 0 Å². The number of benzene rings is 1. The number of carbonyl (C=O) groups is 2. The van der Waals surface area contributed by atoms with Crippen molar-refractivity contribution in [2.24, 2.45) is 0 Å². The Bertz CT molecular complexity index is 778. The van der Waals surface area contributed by atoms with Gasteiger partial charge in [-0.2, -0.15) is 0 Å². The minimum absolute atomic E-state index is 0.0293. The van der Waals surface area contributed by atoms with Crippen molar-refractivity contribution < 1.29 is 22.7 Å². The Kier molecular flexibility index (Phi) is 7.24. The highest BCUT2D eigenvalue weighted by Gasteiger charge is 2.32. The first-order valence-electron chi connectivity index (χ1n) is 9.06. The Labute approximate surface area is 161 Å². The van der Waals surface area contributed by atoms with Gasteiger partial charge in [0.15, 0.2) is 9.84 Å². The number of hydrogen-bond donors (Lipinski definition) is 0. The van der Waals surface area contributed by atoms with Crippen LogP contribution in [-0.2, 0) is 25.8 Å². The second kappa shape index (κ2) is 9.21. The normalized spacial score (nSPS) is 18.1. The summed E-state index contributed by atoms with van der Waals surface area (Å²) in [6.07, 6.45) is 1.34. The van der Waals surface area contributed by atoms with Crippen molar-refractivity contribution in [3.63, 3.8) is 0 Å². The molecule has 0 bridgehead atoms. The van der Waals surface area contributed by atoms with Crippen LogP contribution in [-0.4, -0.2) is 74.8 Å². The molecule has 1 fully saturated rings. The lowest BCUT2D eigenvalue weighted by molar-refractivity contribution is -0.133. The minimum Gasteiger partial charge on any atom is -0.497 e. The van der Waals surface area contributed by atoms with Crippen LogP contribution in [0.25, 0.3) is 0 Å². The van der Waals surface area contributed by atoms with E-state index in [-0.39, 0.29) is 35.8 Å². The molecule has 0 saturated carbocycles. The van der Waals surface area contributed by atoms with E-state index in [1.54, 1.807) is 19.1 Å². The molecule has 27 heavy (non-hydrogen) atoms. The molecule has 2 amide bonds. The summed E-state index contributed by atoms with van der Waals surface area (Å²) < 4.78 is 28.4. The molecule has 1 aliphatic heterocycles. The van der Waals surface area contributed by atoms with Crippen molar-refractivity contribution >= 4 is 21.7 Å². The van der Waals surface area contributed by atoms with Gasteiger partial charge in [-0.1, -0.05) is 12.1 Å². The number of carbonyl (C=O) groups excluding carboxylic acids is 2. The van der Waals surface area contributed by atoms with Gasteiger partial charge in [0, 0.05) is 39.5 Å². The first-order chi connectivity index (χ1) is 12.7. The molecular formula is C19H28N2O5S. The first-order valence-corrected chi connectivity index (χ1v) is 10.9. The lowest BCUT2D eigenvalue weighted by Gasteiger charge is -2.26. The fourth-order valence-electron chi connectivity index (χ4n) is 3.21. The van der Waals surface area contributed by atoms with Gasteiger partial charge in [-0.3, -0.25) is 9.59 Å². The summed E-state index contributed by atoms with van der Waals surface area (Å²) in [4.78, 5) is 27.5. The number of nitrogens with zero attached hydrogens (tertiary/aromatic N) is 2. The summed E-state index contributed by atoms with van der Waals surface area (Å²) in [7, 11) is 0.218. The van der Waals surface area contributed by atoms with E-state index in [4.69, 9.17) is 4.74 Å². The molecule has 1 atom stereocenters. The number of ether oxygens (including phenoxy) is 1. The van der Waals surface area contributed by atoms with Crippen molar-refractivity contribution in [3.05, 3.63) is 29.8 Å². The topological polar surface area (TPSA) is 84.0 Å². The van der Waals surface area contributed by atoms with E-state index in [0.29, 0.717) is 25.9 Å². The Morgan fingerprint density at radius 3 is 2.59 bits per heavy atom. The van der Waals surface area contributed by atoms with Crippen LogP contribution in [0.1, 0.15) is 25.3 Å². The van der Waals surface area contributed by atoms with Gasteiger partial charge in [-0.15, -0.1) is 0 Å². The van der Waals surface area contributed by atoms with Crippen LogP contribution in [0.4, 0.5) is 0 Å². The third kappa shape index (κ3) is 6.23. The van der Waals surface area contributed by atoms with E-state index in [1.807, 2.05) is 24.3 Å². The zero-order valence-corrected chi connectivity index (χ0v) is 17.0. The molecule has 0 aliphatic carbocycles. The molecule has 1 aromatic carbocycles. The number of sulfone groups is 1. The minimum atomic E-state index is -3.03. The molecule has 150 valence electrons. The molecule has 1 unspecified atom stereocenters. The second-order valence-electron chi connectivity index (χ2n) is 6.92. The number of rotatable bonds is 8. The van der Waals surface area contributed by atoms with E-state index in [9.17, 15) is 18.0 Å². The van der Waals surface area contributed by atoms with Crippen LogP contribution in [0.3, 0.4) is 0 Å². The summed E-state index contributed by atoms with van der Waals surface area (Å²) in [5.74, 6) is 0.711. The van der Waals surface area contributed by atoms with Gasteiger partial charge in [0.2, 0.25) is 11.8 Å². The summed E-state index contributed by atoms with van der Waals surface area (Å²) >= 11 is 0. The first kappa shape index (κ1) is 21.2. The lowest BCUT2D eigenvalue weighted by atomic mass is 10.1. The summed E-state index contributed by atoms with van der Waals surface area (Å²) in [6, 6.07) is 7.41. The Morgan fingerprint density at radius 2 is 2.00 bits per heavy atom. The molecule has 7 nitrogen and oxygen atoms in total. The molecule has 0 spiro atoms. The Morgan fingerprint density at radius 1 is 1.26 bits per heavy atom. The highest BCUT2D eigenvalue weighted by molar-refractivity contribution is 7.91. The molecular weight excluding hydrogens is 368 g/mol. The van der Waals surface area contributed by atoms with Gasteiger partial charge in [0.1, 0.15) is 5.75 Å². The molecule has 2 rings (SSSR count). The zero-order chi connectivity index (χ0) is 20.0. The van der Waals surface area contributed by atoms with E-state index in [2.05, 4.69) is 0 Å². The molecule has 0 aromatic heterocycles. The predicted molar refractivity (Wildman–Crippen MR) is 103 cm³/mol. The van der Waals surface area contributed by atoms with Gasteiger partial charge in [0.25, 0.3) is 0 Å². The summed E-state index contributed by atoms with van der Waals surface area (Å²) in [5, 5.41) is 0. The van der Waals surface area contributed by atoms with Crippen LogP contribution < -0.4 is 4.74 Å². The van der Waals surface area contributed by atoms with Gasteiger partial charge in [-0.25, -0.2) is 8.42 Å². The highest BCUT2D eigenvalue weighted by Crippen LogP contribution is 2.17. The molecule has 0 N–H and O–H groups in total. The van der Waals surface area contributed by atoms with E-state index in [1.165, 1.54) is 11.8 Å². The van der Waals surface area contributed by atoms with E-state index < -0.39 is 9.84 Å². The average molecular weight is 397 g/mol. The van der Waals surface area contributed by atoms with Crippen molar-refractivity contribution in [3.8, 4) is 5.75 Å². The third-order valence-electron chi connectivity index (χ3n) is 4.99. The summed E-state index contributed by atoms with van der Waals surface area (Å²) in [6.45, 7) is 2.32. The highest BCUT2D eigenvalue weighted by atomic mass is 32.2. The zero-order valence-electron chi connectivity index (χ0n) is 16.2. The van der Waals surface area contributed by atoms with Crippen molar-refractivity contribution in [2.45, 2.75) is 32.2 Å². The molecule has 8 heteroatoms. The fraction of sp³-hybridized carbons (Fsp3) is 0.579. The number of methoxy groups -OCH3 is 1. The maximum absolute atomic E-state index is 12.4. The Hall–Kier alpha value is -2.09. The molecule has 1 aliphatic rings. The van der Waals surface area contributed by atoms with Gasteiger partial charge < -0.3 is 14.5 Å². The van der Waals surface area contributed by atoms with Crippen molar-refractivity contribution in [1.82, 2.24) is 9.80 Å². The molecule has 1 heterocycles. The second-order valence-corrected chi connectivity index (χ2v) is 9.15. The quantitative estimate of drug-likeness (QED) is 0.658. The van der Waals surface area contributed by atoms with Crippen LogP contribution in [0, 0.1) is 0 Å². The largest absolute Gasteiger partial charge is 0.497 e. The van der Waals surface area contributed by atoms with Gasteiger partial charge in [0.05, 0.1) is 18.6 Å². The standard InChI is InChI=1S/C19H28N2O5S/c1-15(22)21(10-7-16-5-4-6-18(13-16)26-3)11-8-19(23)20(2)17-9-12-27(24,25)14-17/h4-6,13,17H,7-12,14H2,1-3H3. The Balaban J connectivity index is 1.86. The number of amides is 2. The van der Waals surface area contributed by atoms with E-state index in [0.717, 1.165) is 11.3 Å². The maximum atomic E-state index is 12.4.